The number of rotatable bonds is 5. The number of likely N-dealkylation sites (tertiary alicyclic amines) is 1. The fourth-order valence-electron chi connectivity index (χ4n) is 3.42. The van der Waals surface area contributed by atoms with Crippen molar-refractivity contribution >= 4 is 23.2 Å². The molecule has 1 aromatic heterocycles. The second-order valence-corrected chi connectivity index (χ2v) is 8.23. The summed E-state index contributed by atoms with van der Waals surface area (Å²) < 4.78 is 0. The lowest BCUT2D eigenvalue weighted by molar-refractivity contribution is -0.151. The van der Waals surface area contributed by atoms with Crippen LogP contribution < -0.4 is 0 Å². The number of carboxylic acids is 1. The van der Waals surface area contributed by atoms with Crippen molar-refractivity contribution in [3.63, 3.8) is 0 Å². The molecule has 1 fully saturated rings. The zero-order valence-corrected chi connectivity index (χ0v) is 16.2. The molecular formula is C20H24N2O3S. The van der Waals surface area contributed by atoms with E-state index in [9.17, 15) is 14.7 Å². The first-order valence-electron chi connectivity index (χ1n) is 8.84. The first kappa shape index (κ1) is 18.6. The maximum absolute atomic E-state index is 12.6. The highest BCUT2D eigenvalue weighted by atomic mass is 32.1. The van der Waals surface area contributed by atoms with Gasteiger partial charge >= 0.3 is 5.97 Å². The van der Waals surface area contributed by atoms with Gasteiger partial charge in [0.25, 0.3) is 0 Å². The molecule has 1 unspecified atom stereocenters. The largest absolute Gasteiger partial charge is 0.481 e. The number of carboxylic acid groups (broad SMARTS) is 1. The van der Waals surface area contributed by atoms with Crippen LogP contribution in [0, 0.1) is 18.3 Å². The van der Waals surface area contributed by atoms with Gasteiger partial charge in [-0.15, -0.1) is 11.3 Å². The molecule has 6 heteroatoms. The van der Waals surface area contributed by atoms with Gasteiger partial charge in [-0.1, -0.05) is 43.7 Å². The summed E-state index contributed by atoms with van der Waals surface area (Å²) in [4.78, 5) is 30.6. The van der Waals surface area contributed by atoms with Gasteiger partial charge in [0, 0.05) is 24.0 Å². The van der Waals surface area contributed by atoms with Crippen molar-refractivity contribution in [3.05, 3.63) is 40.9 Å². The SMILES string of the molecule is Cc1ccc(-c2nc(CC(=O)N3CCC(C(=O)O)(C(C)C)C3)cs2)cc1. The zero-order chi connectivity index (χ0) is 18.9. The number of hydrogen-bond acceptors (Lipinski definition) is 4. The molecule has 2 heterocycles. The van der Waals surface area contributed by atoms with Gasteiger partial charge in [0.2, 0.25) is 5.91 Å². The summed E-state index contributed by atoms with van der Waals surface area (Å²) in [6.07, 6.45) is 0.730. The van der Waals surface area contributed by atoms with Gasteiger partial charge in [-0.25, -0.2) is 4.98 Å². The van der Waals surface area contributed by atoms with Gasteiger partial charge in [0.05, 0.1) is 17.5 Å². The summed E-state index contributed by atoms with van der Waals surface area (Å²) in [7, 11) is 0. The third-order valence-electron chi connectivity index (χ3n) is 5.37. The Morgan fingerprint density at radius 2 is 2.00 bits per heavy atom. The van der Waals surface area contributed by atoms with Crippen molar-refractivity contribution in [2.75, 3.05) is 13.1 Å². The smallest absolute Gasteiger partial charge is 0.311 e. The van der Waals surface area contributed by atoms with Gasteiger partial charge in [-0.05, 0) is 19.3 Å². The van der Waals surface area contributed by atoms with Crippen LogP contribution in [-0.2, 0) is 16.0 Å². The number of aryl methyl sites for hydroxylation is 1. The van der Waals surface area contributed by atoms with E-state index in [1.165, 1.54) is 16.9 Å². The van der Waals surface area contributed by atoms with Crippen molar-refractivity contribution in [2.24, 2.45) is 11.3 Å². The quantitative estimate of drug-likeness (QED) is 0.870. The van der Waals surface area contributed by atoms with Crippen LogP contribution in [-0.4, -0.2) is 40.0 Å². The standard InChI is InChI=1S/C20H24N2O3S/c1-13(2)20(19(24)25)8-9-22(12-20)17(23)10-16-11-26-18(21-16)15-6-4-14(3)5-7-15/h4-7,11,13H,8-10,12H2,1-3H3,(H,24,25). The van der Waals surface area contributed by atoms with E-state index < -0.39 is 11.4 Å². The Morgan fingerprint density at radius 1 is 1.31 bits per heavy atom. The van der Waals surface area contributed by atoms with Crippen LogP contribution >= 0.6 is 11.3 Å². The van der Waals surface area contributed by atoms with E-state index in [-0.39, 0.29) is 24.8 Å². The number of nitrogens with zero attached hydrogens (tertiary/aromatic N) is 2. The lowest BCUT2D eigenvalue weighted by atomic mass is 9.76. The molecule has 0 aliphatic carbocycles. The van der Waals surface area contributed by atoms with E-state index in [1.54, 1.807) is 4.90 Å². The fourth-order valence-corrected chi connectivity index (χ4v) is 4.25. The Balaban J connectivity index is 1.68. The molecule has 0 bridgehead atoms. The molecule has 1 aliphatic rings. The number of thiazole rings is 1. The van der Waals surface area contributed by atoms with Crippen LogP contribution in [0.1, 0.15) is 31.5 Å². The molecule has 1 atom stereocenters. The third kappa shape index (κ3) is 3.51. The predicted octanol–water partition coefficient (Wildman–Crippen LogP) is 3.62. The third-order valence-corrected chi connectivity index (χ3v) is 6.31. The lowest BCUT2D eigenvalue weighted by Crippen LogP contribution is -2.41. The predicted molar refractivity (Wildman–Crippen MR) is 102 cm³/mol. The maximum atomic E-state index is 12.6. The molecule has 1 saturated heterocycles. The van der Waals surface area contributed by atoms with E-state index in [1.807, 2.05) is 50.4 Å². The highest BCUT2D eigenvalue weighted by Gasteiger charge is 2.48. The second kappa shape index (κ2) is 7.19. The van der Waals surface area contributed by atoms with Crippen LogP contribution in [0.5, 0.6) is 0 Å². The molecule has 5 nitrogen and oxygen atoms in total. The average Bonchev–Trinajstić information content (AvgIpc) is 3.23. The maximum Gasteiger partial charge on any atom is 0.311 e. The molecule has 1 aliphatic heterocycles. The molecule has 138 valence electrons. The van der Waals surface area contributed by atoms with Crippen LogP contribution in [0.25, 0.3) is 10.6 Å². The molecular weight excluding hydrogens is 348 g/mol. The minimum Gasteiger partial charge on any atom is -0.481 e. The summed E-state index contributed by atoms with van der Waals surface area (Å²) in [5.74, 6) is -0.863. The van der Waals surface area contributed by atoms with E-state index in [0.717, 1.165) is 16.3 Å². The molecule has 1 N–H and O–H groups in total. The minimum absolute atomic E-state index is 0.00906. The monoisotopic (exact) mass is 372 g/mol. The molecule has 0 spiro atoms. The van der Waals surface area contributed by atoms with E-state index in [4.69, 9.17) is 0 Å². The summed E-state index contributed by atoms with van der Waals surface area (Å²) in [5.41, 5.74) is 2.16. The van der Waals surface area contributed by atoms with Gasteiger partial charge in [-0.3, -0.25) is 9.59 Å². The normalized spacial score (nSPS) is 19.9. The van der Waals surface area contributed by atoms with Gasteiger partial charge < -0.3 is 10.0 Å². The Kier molecular flexibility index (Phi) is 5.14. The number of hydrogen-bond donors (Lipinski definition) is 1. The van der Waals surface area contributed by atoms with Crippen molar-refractivity contribution in [2.45, 2.75) is 33.6 Å². The Labute approximate surface area is 157 Å². The number of aromatic nitrogens is 1. The number of carbonyl (C=O) groups excluding carboxylic acids is 1. The van der Waals surface area contributed by atoms with E-state index >= 15 is 0 Å². The molecule has 26 heavy (non-hydrogen) atoms. The Bertz CT molecular complexity index is 813. The summed E-state index contributed by atoms with van der Waals surface area (Å²) >= 11 is 1.53. The molecule has 1 aromatic carbocycles. The number of benzene rings is 1. The average molecular weight is 372 g/mol. The Hall–Kier alpha value is -2.21. The first-order valence-corrected chi connectivity index (χ1v) is 9.72. The number of carbonyl (C=O) groups is 2. The topological polar surface area (TPSA) is 70.5 Å². The molecule has 2 aromatic rings. The minimum atomic E-state index is -0.829. The summed E-state index contributed by atoms with van der Waals surface area (Å²) in [5, 5.41) is 12.4. The molecule has 3 rings (SSSR count). The van der Waals surface area contributed by atoms with Gasteiger partial charge in [0.1, 0.15) is 5.01 Å². The Morgan fingerprint density at radius 3 is 2.58 bits per heavy atom. The van der Waals surface area contributed by atoms with Gasteiger partial charge in [0.15, 0.2) is 0 Å². The zero-order valence-electron chi connectivity index (χ0n) is 15.4. The van der Waals surface area contributed by atoms with Crippen LogP contribution in [0.15, 0.2) is 29.6 Å². The first-order chi connectivity index (χ1) is 12.3. The van der Waals surface area contributed by atoms with Crippen LogP contribution in [0.4, 0.5) is 0 Å². The van der Waals surface area contributed by atoms with E-state index in [0.29, 0.717) is 13.0 Å². The fraction of sp³-hybridized carbons (Fsp3) is 0.450. The second-order valence-electron chi connectivity index (χ2n) is 7.37. The van der Waals surface area contributed by atoms with Crippen molar-refractivity contribution in [1.82, 2.24) is 9.88 Å². The van der Waals surface area contributed by atoms with Crippen LogP contribution in [0.3, 0.4) is 0 Å². The molecule has 0 radical (unpaired) electrons. The van der Waals surface area contributed by atoms with Crippen LogP contribution in [0.2, 0.25) is 0 Å². The van der Waals surface area contributed by atoms with Gasteiger partial charge in [-0.2, -0.15) is 0 Å². The summed E-state index contributed by atoms with van der Waals surface area (Å²) in [6.45, 7) is 6.65. The van der Waals surface area contributed by atoms with Crippen molar-refractivity contribution < 1.29 is 14.7 Å². The molecule has 1 amide bonds. The highest BCUT2D eigenvalue weighted by molar-refractivity contribution is 7.13. The number of aliphatic carboxylic acids is 1. The number of amides is 1. The highest BCUT2D eigenvalue weighted by Crippen LogP contribution is 2.38. The van der Waals surface area contributed by atoms with Crippen molar-refractivity contribution in [1.29, 1.82) is 0 Å². The summed E-state index contributed by atoms with van der Waals surface area (Å²) in [6, 6.07) is 8.15. The molecule has 0 saturated carbocycles. The van der Waals surface area contributed by atoms with Crippen molar-refractivity contribution in [3.8, 4) is 10.6 Å². The van der Waals surface area contributed by atoms with E-state index in [2.05, 4.69) is 4.98 Å². The lowest BCUT2D eigenvalue weighted by Gasteiger charge is -2.28.